The van der Waals surface area contributed by atoms with Crippen molar-refractivity contribution in [3.63, 3.8) is 0 Å². The molecule has 74 valence electrons. The Hall–Kier alpha value is -1.42. The third kappa shape index (κ3) is 3.14. The van der Waals surface area contributed by atoms with Crippen molar-refractivity contribution < 1.29 is 13.7 Å². The highest BCUT2D eigenvalue weighted by Crippen LogP contribution is 2.06. The molecule has 0 aliphatic carbocycles. The normalized spacial score (nSPS) is 12.6. The minimum absolute atomic E-state index is 0.505. The van der Waals surface area contributed by atoms with Crippen molar-refractivity contribution in [1.29, 1.82) is 0 Å². The van der Waals surface area contributed by atoms with Crippen LogP contribution in [0.2, 0.25) is 0 Å². The molecule has 0 amide bonds. The molecule has 0 heterocycles. The van der Waals surface area contributed by atoms with E-state index in [-0.39, 0.29) is 0 Å². The lowest BCUT2D eigenvalue weighted by Crippen LogP contribution is -1.95. The average molecular weight is 210 g/mol. The van der Waals surface area contributed by atoms with Crippen LogP contribution in [-0.4, -0.2) is 17.3 Å². The van der Waals surface area contributed by atoms with Gasteiger partial charge in [0.2, 0.25) is 0 Å². The highest BCUT2D eigenvalue weighted by molar-refractivity contribution is 7.88. The SMILES string of the molecule is COC(=O)/C=C\[S@@](=O)c1ccccc1. The zero-order valence-electron chi connectivity index (χ0n) is 7.67. The lowest BCUT2D eigenvalue weighted by atomic mass is 10.4. The van der Waals surface area contributed by atoms with E-state index in [9.17, 15) is 9.00 Å². The van der Waals surface area contributed by atoms with Gasteiger partial charge in [-0.2, -0.15) is 0 Å². The Balaban J connectivity index is 2.69. The van der Waals surface area contributed by atoms with Crippen LogP contribution in [0, 0.1) is 0 Å². The van der Waals surface area contributed by atoms with Gasteiger partial charge in [-0.25, -0.2) is 9.00 Å². The summed E-state index contributed by atoms with van der Waals surface area (Å²) < 4.78 is 15.9. The molecule has 0 saturated carbocycles. The number of methoxy groups -OCH3 is 1. The largest absolute Gasteiger partial charge is 0.466 e. The zero-order chi connectivity index (χ0) is 10.4. The van der Waals surface area contributed by atoms with Crippen LogP contribution in [-0.2, 0) is 20.3 Å². The van der Waals surface area contributed by atoms with Crippen LogP contribution in [0.3, 0.4) is 0 Å². The van der Waals surface area contributed by atoms with Gasteiger partial charge >= 0.3 is 5.97 Å². The molecule has 1 rings (SSSR count). The van der Waals surface area contributed by atoms with Gasteiger partial charge in [-0.3, -0.25) is 0 Å². The molecule has 0 saturated heterocycles. The van der Waals surface area contributed by atoms with Crippen molar-refractivity contribution in [3.05, 3.63) is 41.8 Å². The molecule has 0 aromatic heterocycles. The fraction of sp³-hybridized carbons (Fsp3) is 0.100. The van der Waals surface area contributed by atoms with E-state index in [4.69, 9.17) is 0 Å². The molecule has 1 aromatic rings. The smallest absolute Gasteiger partial charge is 0.331 e. The molecule has 0 radical (unpaired) electrons. The van der Waals surface area contributed by atoms with Crippen molar-refractivity contribution in [2.45, 2.75) is 4.90 Å². The molecule has 1 atom stereocenters. The molecular weight excluding hydrogens is 200 g/mol. The summed E-state index contributed by atoms with van der Waals surface area (Å²) in [5, 5.41) is 1.31. The maximum Gasteiger partial charge on any atom is 0.331 e. The maximum atomic E-state index is 11.5. The van der Waals surface area contributed by atoms with E-state index in [1.54, 1.807) is 24.3 Å². The van der Waals surface area contributed by atoms with Gasteiger partial charge in [0.15, 0.2) is 0 Å². The molecule has 0 spiro atoms. The maximum absolute atomic E-state index is 11.5. The van der Waals surface area contributed by atoms with E-state index in [0.717, 1.165) is 6.08 Å². The van der Waals surface area contributed by atoms with Crippen LogP contribution < -0.4 is 0 Å². The standard InChI is InChI=1S/C10H10O3S/c1-13-10(11)7-8-14(12)9-5-3-2-4-6-9/h2-8H,1H3/b8-7-/t14-/m1/s1. The van der Waals surface area contributed by atoms with E-state index >= 15 is 0 Å². The number of rotatable bonds is 3. The molecule has 4 heteroatoms. The number of hydrogen-bond donors (Lipinski definition) is 0. The molecule has 3 nitrogen and oxygen atoms in total. The number of carbonyl (C=O) groups is 1. The van der Waals surface area contributed by atoms with Crippen molar-refractivity contribution in [2.75, 3.05) is 7.11 Å². The predicted molar refractivity (Wildman–Crippen MR) is 54.0 cm³/mol. The minimum atomic E-state index is -1.29. The van der Waals surface area contributed by atoms with Gasteiger partial charge in [-0.1, -0.05) is 18.2 Å². The van der Waals surface area contributed by atoms with Gasteiger partial charge in [0.05, 0.1) is 17.9 Å². The van der Waals surface area contributed by atoms with E-state index in [2.05, 4.69) is 4.74 Å². The van der Waals surface area contributed by atoms with Crippen LogP contribution in [0.5, 0.6) is 0 Å². The van der Waals surface area contributed by atoms with Crippen molar-refractivity contribution in [1.82, 2.24) is 0 Å². The molecule has 0 aliphatic rings. The summed E-state index contributed by atoms with van der Waals surface area (Å²) in [6.07, 6.45) is 1.16. The first-order valence-electron chi connectivity index (χ1n) is 3.96. The minimum Gasteiger partial charge on any atom is -0.466 e. The van der Waals surface area contributed by atoms with Crippen LogP contribution in [0.4, 0.5) is 0 Å². The van der Waals surface area contributed by atoms with E-state index < -0.39 is 16.8 Å². The van der Waals surface area contributed by atoms with Crippen LogP contribution >= 0.6 is 0 Å². The first kappa shape index (κ1) is 10.7. The van der Waals surface area contributed by atoms with Gasteiger partial charge < -0.3 is 4.74 Å². The molecule has 14 heavy (non-hydrogen) atoms. The second kappa shape index (κ2) is 5.34. The fourth-order valence-electron chi connectivity index (χ4n) is 0.819. The highest BCUT2D eigenvalue weighted by atomic mass is 32.2. The number of benzene rings is 1. The average Bonchev–Trinajstić information content (AvgIpc) is 2.26. The third-order valence-corrected chi connectivity index (χ3v) is 2.62. The Morgan fingerprint density at radius 3 is 2.57 bits per heavy atom. The molecule has 0 fully saturated rings. The highest BCUT2D eigenvalue weighted by Gasteiger charge is 1.98. The van der Waals surface area contributed by atoms with Gasteiger partial charge in [0.25, 0.3) is 0 Å². The summed E-state index contributed by atoms with van der Waals surface area (Å²) in [6.45, 7) is 0. The summed E-state index contributed by atoms with van der Waals surface area (Å²) >= 11 is 0. The Labute approximate surface area is 84.9 Å². The van der Waals surface area contributed by atoms with E-state index in [0.29, 0.717) is 4.90 Å². The summed E-state index contributed by atoms with van der Waals surface area (Å²) in [5.74, 6) is -0.505. The molecule has 1 aromatic carbocycles. The first-order chi connectivity index (χ1) is 6.74. The Morgan fingerprint density at radius 2 is 2.00 bits per heavy atom. The molecule has 0 aliphatic heterocycles. The fourth-order valence-corrected chi connectivity index (χ4v) is 1.64. The summed E-state index contributed by atoms with van der Waals surface area (Å²) in [6, 6.07) is 8.89. The lowest BCUT2D eigenvalue weighted by molar-refractivity contribution is -0.134. The number of esters is 1. The van der Waals surface area contributed by atoms with E-state index in [1.807, 2.05) is 6.07 Å². The predicted octanol–water partition coefficient (Wildman–Crippen LogP) is 1.48. The summed E-state index contributed by atoms with van der Waals surface area (Å²) in [4.78, 5) is 11.4. The summed E-state index contributed by atoms with van der Waals surface area (Å²) in [5.41, 5.74) is 0. The molecule has 0 bridgehead atoms. The third-order valence-electron chi connectivity index (χ3n) is 1.50. The van der Waals surface area contributed by atoms with Crippen LogP contribution in [0.25, 0.3) is 0 Å². The van der Waals surface area contributed by atoms with Crippen molar-refractivity contribution in [3.8, 4) is 0 Å². The number of carbonyl (C=O) groups excluding carboxylic acids is 1. The number of hydrogen-bond acceptors (Lipinski definition) is 3. The second-order valence-corrected chi connectivity index (χ2v) is 3.77. The first-order valence-corrected chi connectivity index (χ1v) is 5.17. The van der Waals surface area contributed by atoms with Gasteiger partial charge in [0, 0.05) is 16.4 Å². The zero-order valence-corrected chi connectivity index (χ0v) is 8.49. The Kier molecular flexibility index (Phi) is 4.07. The van der Waals surface area contributed by atoms with Crippen molar-refractivity contribution in [2.24, 2.45) is 0 Å². The molecule has 0 N–H and O–H groups in total. The molecule has 0 unspecified atom stereocenters. The van der Waals surface area contributed by atoms with Gasteiger partial charge in [-0.15, -0.1) is 0 Å². The van der Waals surface area contributed by atoms with Crippen molar-refractivity contribution >= 4 is 16.8 Å². The monoisotopic (exact) mass is 210 g/mol. The van der Waals surface area contributed by atoms with Crippen LogP contribution in [0.15, 0.2) is 46.7 Å². The lowest BCUT2D eigenvalue weighted by Gasteiger charge is -1.94. The Bertz CT molecular complexity index is 357. The van der Waals surface area contributed by atoms with E-state index in [1.165, 1.54) is 12.5 Å². The topological polar surface area (TPSA) is 43.4 Å². The number of ether oxygens (including phenoxy) is 1. The van der Waals surface area contributed by atoms with Crippen LogP contribution in [0.1, 0.15) is 0 Å². The second-order valence-electron chi connectivity index (χ2n) is 2.44. The summed E-state index contributed by atoms with van der Waals surface area (Å²) in [7, 11) is -0.0111. The van der Waals surface area contributed by atoms with Gasteiger partial charge in [0.1, 0.15) is 0 Å². The molecular formula is C10H10O3S. The quantitative estimate of drug-likeness (QED) is 0.560. The van der Waals surface area contributed by atoms with Gasteiger partial charge in [-0.05, 0) is 12.1 Å². The Morgan fingerprint density at radius 1 is 1.36 bits per heavy atom.